The highest BCUT2D eigenvalue weighted by Crippen LogP contribution is 2.28. The first kappa shape index (κ1) is 21.3. The van der Waals surface area contributed by atoms with E-state index in [1.165, 1.54) is 20.1 Å². The van der Waals surface area contributed by atoms with Crippen LogP contribution < -0.4 is 25.6 Å². The SMILES string of the molecule is COc1cc([N+](=O)[O-])ccc1NC(=O)NNC(=O)C(C)Oc1ccc(F)cc1F. The van der Waals surface area contributed by atoms with Crippen LogP contribution in [0.3, 0.4) is 0 Å². The molecule has 29 heavy (non-hydrogen) atoms. The molecule has 3 amide bonds. The van der Waals surface area contributed by atoms with Gasteiger partial charge in [-0.15, -0.1) is 0 Å². The van der Waals surface area contributed by atoms with E-state index in [1.54, 1.807) is 0 Å². The van der Waals surface area contributed by atoms with Crippen molar-refractivity contribution in [1.29, 1.82) is 0 Å². The molecule has 0 saturated carbocycles. The maximum Gasteiger partial charge on any atom is 0.338 e. The number of nitrogens with zero attached hydrogens (tertiary/aromatic N) is 1. The lowest BCUT2D eigenvalue weighted by Crippen LogP contribution is -2.48. The Balaban J connectivity index is 1.91. The first-order valence-corrected chi connectivity index (χ1v) is 8.02. The van der Waals surface area contributed by atoms with Crippen molar-refractivity contribution in [3.05, 3.63) is 58.1 Å². The zero-order chi connectivity index (χ0) is 21.6. The van der Waals surface area contributed by atoms with Crippen LogP contribution >= 0.6 is 0 Å². The largest absolute Gasteiger partial charge is 0.494 e. The predicted octanol–water partition coefficient (Wildman–Crippen LogP) is 2.50. The highest BCUT2D eigenvalue weighted by molar-refractivity contribution is 5.93. The molecule has 0 heterocycles. The van der Waals surface area contributed by atoms with E-state index in [1.807, 2.05) is 10.9 Å². The third-order valence-electron chi connectivity index (χ3n) is 3.51. The van der Waals surface area contributed by atoms with Gasteiger partial charge in [-0.05, 0) is 25.1 Å². The van der Waals surface area contributed by atoms with Crippen LogP contribution in [0, 0.1) is 21.7 Å². The molecule has 0 aliphatic carbocycles. The Hall–Kier alpha value is -3.96. The zero-order valence-electron chi connectivity index (χ0n) is 15.2. The number of hydrogen-bond acceptors (Lipinski definition) is 6. The van der Waals surface area contributed by atoms with E-state index in [-0.39, 0.29) is 22.9 Å². The van der Waals surface area contributed by atoms with Crippen LogP contribution in [0.15, 0.2) is 36.4 Å². The predicted molar refractivity (Wildman–Crippen MR) is 96.4 cm³/mol. The summed E-state index contributed by atoms with van der Waals surface area (Å²) in [6.07, 6.45) is -1.22. The first-order chi connectivity index (χ1) is 13.7. The summed E-state index contributed by atoms with van der Waals surface area (Å²) in [6, 6.07) is 5.23. The molecule has 154 valence electrons. The number of carbonyl (C=O) groups excluding carboxylic acids is 2. The summed E-state index contributed by atoms with van der Waals surface area (Å²) in [5, 5.41) is 13.1. The summed E-state index contributed by atoms with van der Waals surface area (Å²) in [7, 11) is 1.26. The van der Waals surface area contributed by atoms with Crippen molar-refractivity contribution in [2.45, 2.75) is 13.0 Å². The molecule has 10 nitrogen and oxygen atoms in total. The molecule has 0 saturated heterocycles. The van der Waals surface area contributed by atoms with Crippen LogP contribution in [0.2, 0.25) is 0 Å². The Morgan fingerprint density at radius 1 is 1.10 bits per heavy atom. The second-order valence-electron chi connectivity index (χ2n) is 5.54. The fourth-order valence-corrected chi connectivity index (χ4v) is 2.09. The van der Waals surface area contributed by atoms with Gasteiger partial charge in [0.15, 0.2) is 17.7 Å². The first-order valence-electron chi connectivity index (χ1n) is 8.02. The average Bonchev–Trinajstić information content (AvgIpc) is 2.68. The number of carbonyl (C=O) groups is 2. The molecule has 0 radical (unpaired) electrons. The number of ether oxygens (including phenoxy) is 2. The third-order valence-corrected chi connectivity index (χ3v) is 3.51. The number of methoxy groups -OCH3 is 1. The Bertz CT molecular complexity index is 940. The van der Waals surface area contributed by atoms with Crippen LogP contribution in [0.1, 0.15) is 6.92 Å². The number of hydrazine groups is 1. The fraction of sp³-hybridized carbons (Fsp3) is 0.176. The number of anilines is 1. The molecule has 1 atom stereocenters. The lowest BCUT2D eigenvalue weighted by molar-refractivity contribution is -0.384. The normalized spacial score (nSPS) is 11.2. The Morgan fingerprint density at radius 3 is 2.45 bits per heavy atom. The number of nitro benzene ring substituents is 1. The van der Waals surface area contributed by atoms with Crippen molar-refractivity contribution < 1.29 is 32.8 Å². The van der Waals surface area contributed by atoms with Gasteiger partial charge in [0.25, 0.3) is 11.6 Å². The number of non-ortho nitro benzene ring substituents is 1. The number of nitro groups is 1. The summed E-state index contributed by atoms with van der Waals surface area (Å²) >= 11 is 0. The van der Waals surface area contributed by atoms with Crippen molar-refractivity contribution >= 4 is 23.3 Å². The molecule has 0 fully saturated rings. The van der Waals surface area contributed by atoms with Crippen molar-refractivity contribution in [1.82, 2.24) is 10.9 Å². The van der Waals surface area contributed by atoms with E-state index >= 15 is 0 Å². The van der Waals surface area contributed by atoms with E-state index < -0.39 is 34.6 Å². The monoisotopic (exact) mass is 410 g/mol. The zero-order valence-corrected chi connectivity index (χ0v) is 15.2. The topological polar surface area (TPSA) is 132 Å². The lowest BCUT2D eigenvalue weighted by Gasteiger charge is -2.16. The highest BCUT2D eigenvalue weighted by Gasteiger charge is 2.18. The molecule has 2 aromatic carbocycles. The Kier molecular flexibility index (Phi) is 6.85. The average molecular weight is 410 g/mol. The van der Waals surface area contributed by atoms with Gasteiger partial charge in [-0.3, -0.25) is 20.3 Å². The van der Waals surface area contributed by atoms with Crippen LogP contribution in [-0.2, 0) is 4.79 Å². The molecule has 3 N–H and O–H groups in total. The molecule has 2 aromatic rings. The van der Waals surface area contributed by atoms with Gasteiger partial charge in [-0.2, -0.15) is 0 Å². The standard InChI is InChI=1S/C17H16F2N4O6/c1-9(29-14-6-3-10(18)7-12(14)19)16(24)21-22-17(25)20-13-5-4-11(23(26)27)8-15(13)28-2/h3-9H,1-2H3,(H,21,24)(H2,20,22,25). The van der Waals surface area contributed by atoms with E-state index in [4.69, 9.17) is 9.47 Å². The van der Waals surface area contributed by atoms with Gasteiger partial charge in [0.05, 0.1) is 23.8 Å². The number of halogens is 2. The summed E-state index contributed by atoms with van der Waals surface area (Å²) < 4.78 is 36.5. The van der Waals surface area contributed by atoms with Crippen LogP contribution in [0.5, 0.6) is 11.5 Å². The number of benzene rings is 2. The second kappa shape index (κ2) is 9.30. The van der Waals surface area contributed by atoms with Crippen LogP contribution in [0.25, 0.3) is 0 Å². The van der Waals surface area contributed by atoms with Crippen molar-refractivity contribution in [3.63, 3.8) is 0 Å². The van der Waals surface area contributed by atoms with Gasteiger partial charge in [-0.1, -0.05) is 0 Å². The minimum atomic E-state index is -1.22. The number of nitrogens with one attached hydrogen (secondary N) is 3. The summed E-state index contributed by atoms with van der Waals surface area (Å²) in [6.45, 7) is 1.29. The molecule has 0 spiro atoms. The van der Waals surface area contributed by atoms with Crippen molar-refractivity contribution in [2.75, 3.05) is 12.4 Å². The van der Waals surface area contributed by atoms with Crippen molar-refractivity contribution in [2.24, 2.45) is 0 Å². The molecular weight excluding hydrogens is 394 g/mol. The van der Waals surface area contributed by atoms with E-state index in [0.29, 0.717) is 6.07 Å². The fourth-order valence-electron chi connectivity index (χ4n) is 2.09. The molecule has 2 rings (SSSR count). The minimum absolute atomic E-state index is 0.0316. The molecular formula is C17H16F2N4O6. The van der Waals surface area contributed by atoms with E-state index in [2.05, 4.69) is 5.32 Å². The number of amides is 3. The molecule has 12 heteroatoms. The number of hydrogen-bond donors (Lipinski definition) is 3. The smallest absolute Gasteiger partial charge is 0.338 e. The van der Waals surface area contributed by atoms with Crippen molar-refractivity contribution in [3.8, 4) is 11.5 Å². The minimum Gasteiger partial charge on any atom is -0.494 e. The van der Waals surface area contributed by atoms with Crippen LogP contribution in [-0.4, -0.2) is 30.1 Å². The van der Waals surface area contributed by atoms with Gasteiger partial charge in [0.2, 0.25) is 0 Å². The molecule has 0 aliphatic heterocycles. The molecule has 1 unspecified atom stereocenters. The van der Waals surface area contributed by atoms with Gasteiger partial charge in [-0.25, -0.2) is 19.0 Å². The summed E-state index contributed by atoms with van der Waals surface area (Å²) in [4.78, 5) is 34.0. The lowest BCUT2D eigenvalue weighted by atomic mass is 10.2. The molecule has 0 bridgehead atoms. The van der Waals surface area contributed by atoms with Gasteiger partial charge >= 0.3 is 6.03 Å². The van der Waals surface area contributed by atoms with E-state index in [0.717, 1.165) is 24.3 Å². The van der Waals surface area contributed by atoms with Gasteiger partial charge in [0, 0.05) is 12.1 Å². The Labute approximate surface area is 162 Å². The maximum absolute atomic E-state index is 13.5. The maximum atomic E-state index is 13.5. The number of urea groups is 1. The Morgan fingerprint density at radius 2 is 1.83 bits per heavy atom. The summed E-state index contributed by atoms with van der Waals surface area (Å²) in [5.41, 5.74) is 3.96. The van der Waals surface area contributed by atoms with E-state index in [9.17, 15) is 28.5 Å². The van der Waals surface area contributed by atoms with Crippen LogP contribution in [0.4, 0.5) is 25.0 Å². The van der Waals surface area contributed by atoms with Gasteiger partial charge < -0.3 is 14.8 Å². The third kappa shape index (κ3) is 5.76. The van der Waals surface area contributed by atoms with Gasteiger partial charge in [0.1, 0.15) is 11.6 Å². The number of rotatable bonds is 6. The second-order valence-corrected chi connectivity index (χ2v) is 5.54. The highest BCUT2D eigenvalue weighted by atomic mass is 19.1. The molecule has 0 aliphatic rings. The summed E-state index contributed by atoms with van der Waals surface area (Å²) in [5.74, 6) is -2.91. The molecule has 0 aromatic heterocycles. The quantitative estimate of drug-likeness (QED) is 0.495.